The molecule has 0 amide bonds. The Morgan fingerprint density at radius 2 is 0.795 bits per heavy atom. The second-order valence-corrected chi connectivity index (χ2v) is 30.8. The SMILES string of the molecule is Cc1cc2c3c(c1)N(c1ccc4c(c1)C(C)(C)CCC4(C)C)c1cc4c(cc1B3N(c1ccc3c(c1)C(C)(C)CCC3(C)C)c1cc3sc5cc6c(cc5c3cc1-2)C(C)(C)CCC6(C)C)C(C)(C)CCC4(C)C. The monoisotopic (exact) mass is 981 g/mol. The molecule has 0 radical (unpaired) electrons. The van der Waals surface area contributed by atoms with Gasteiger partial charge in [0.05, 0.1) is 0 Å². The average molecular weight is 981 g/mol. The van der Waals surface area contributed by atoms with Crippen LogP contribution in [0.1, 0.15) is 212 Å². The number of benzene rings is 6. The standard InChI is InChI=1S/C69H81BN2S/c1-40-30-46-43-34-44-45-35-51-54(69(16,17)29-26-66(51,10)11)38-59(45)73-60(44)39-56(43)72(42-19-21-48-50(33-42)65(8,9)25-23-63(48,4)5)70-55-36-52-53(68(14,15)28-27-67(52,12)13)37-57(55)71(58(31-40)61(46)70)41-18-20-47-49(32-41)64(6,7)24-22-62(47,2)3/h18-21,30-39H,22-29H2,1-17H3. The van der Waals surface area contributed by atoms with Gasteiger partial charge in [-0.3, -0.25) is 0 Å². The van der Waals surface area contributed by atoms with Gasteiger partial charge in [-0.2, -0.15) is 0 Å². The van der Waals surface area contributed by atoms with Crippen molar-refractivity contribution >= 4 is 77.7 Å². The molecule has 0 saturated carbocycles. The Labute approximate surface area is 443 Å². The fourth-order valence-corrected chi connectivity index (χ4v) is 16.6. The van der Waals surface area contributed by atoms with Crippen molar-refractivity contribution in [2.45, 2.75) is 212 Å². The predicted octanol–water partition coefficient (Wildman–Crippen LogP) is 18.5. The fraction of sp³-hybridized carbons (Fsp3) is 0.478. The van der Waals surface area contributed by atoms with Crippen molar-refractivity contribution in [2.24, 2.45) is 0 Å². The number of nitrogens with zero attached hydrogens (tertiary/aromatic N) is 2. The Morgan fingerprint density at radius 1 is 0.370 bits per heavy atom. The molecule has 4 aliphatic carbocycles. The van der Waals surface area contributed by atoms with Crippen molar-refractivity contribution in [2.75, 3.05) is 9.71 Å². The molecule has 6 aliphatic rings. The lowest BCUT2D eigenvalue weighted by molar-refractivity contribution is 0.332. The maximum atomic E-state index is 2.84. The molecule has 2 aliphatic heterocycles. The molecule has 0 unspecified atom stereocenters. The average Bonchev–Trinajstić information content (AvgIpc) is 3.67. The summed E-state index contributed by atoms with van der Waals surface area (Å²) >= 11 is 2.02. The third-order valence-corrected chi connectivity index (χ3v) is 22.0. The highest BCUT2D eigenvalue weighted by Gasteiger charge is 2.50. The number of hydrogen-bond donors (Lipinski definition) is 0. The molecule has 2 nitrogen and oxygen atoms in total. The molecule has 0 spiro atoms. The highest BCUT2D eigenvalue weighted by atomic mass is 32.1. The van der Waals surface area contributed by atoms with E-state index < -0.39 is 0 Å². The van der Waals surface area contributed by atoms with Gasteiger partial charge < -0.3 is 9.71 Å². The zero-order valence-corrected chi connectivity index (χ0v) is 48.4. The Kier molecular flexibility index (Phi) is 9.69. The summed E-state index contributed by atoms with van der Waals surface area (Å²) in [6.07, 6.45) is 9.59. The first-order valence-corrected chi connectivity index (χ1v) is 29.1. The summed E-state index contributed by atoms with van der Waals surface area (Å²) in [7, 11) is 0. The largest absolute Gasteiger partial charge is 0.376 e. The van der Waals surface area contributed by atoms with Crippen LogP contribution in [0.15, 0.2) is 84.9 Å². The second kappa shape index (κ2) is 14.8. The minimum absolute atomic E-state index is 0.0398. The van der Waals surface area contributed by atoms with E-state index in [4.69, 9.17) is 0 Å². The second-order valence-electron chi connectivity index (χ2n) is 29.7. The van der Waals surface area contributed by atoms with Crippen molar-refractivity contribution in [3.05, 3.63) is 135 Å². The maximum Gasteiger partial charge on any atom is 0.333 e. The molecule has 3 heterocycles. The van der Waals surface area contributed by atoms with Gasteiger partial charge >= 0.3 is 6.85 Å². The van der Waals surface area contributed by atoms with Crippen molar-refractivity contribution in [1.82, 2.24) is 0 Å². The minimum atomic E-state index is -0.0398. The number of anilines is 5. The lowest BCUT2D eigenvalue weighted by Crippen LogP contribution is -2.62. The normalized spacial score (nSPS) is 22.4. The molecule has 7 aromatic rings. The Balaban J connectivity index is 1.16. The molecule has 0 atom stereocenters. The third-order valence-electron chi connectivity index (χ3n) is 20.9. The van der Waals surface area contributed by atoms with Crippen molar-refractivity contribution in [3.63, 3.8) is 0 Å². The molecular weight excluding hydrogens is 900 g/mol. The van der Waals surface area contributed by atoms with Gasteiger partial charge in [-0.25, -0.2) is 0 Å². The summed E-state index contributed by atoms with van der Waals surface area (Å²) in [5.41, 5.74) is 26.5. The smallest absolute Gasteiger partial charge is 0.333 e. The van der Waals surface area contributed by atoms with Crippen LogP contribution in [0.2, 0.25) is 0 Å². The van der Waals surface area contributed by atoms with Gasteiger partial charge in [0.2, 0.25) is 0 Å². The zero-order chi connectivity index (χ0) is 51.7. The first-order valence-electron chi connectivity index (χ1n) is 28.3. The number of hydrogen-bond acceptors (Lipinski definition) is 3. The summed E-state index contributed by atoms with van der Waals surface area (Å²) in [6, 6.07) is 36.4. The van der Waals surface area contributed by atoms with Crippen LogP contribution in [-0.4, -0.2) is 6.85 Å². The summed E-state index contributed by atoms with van der Waals surface area (Å²) in [5, 5.41) is 2.82. The van der Waals surface area contributed by atoms with Gasteiger partial charge in [0.25, 0.3) is 0 Å². The van der Waals surface area contributed by atoms with Gasteiger partial charge in [0.1, 0.15) is 0 Å². The predicted molar refractivity (Wildman–Crippen MR) is 319 cm³/mol. The molecule has 4 heteroatoms. The lowest BCUT2D eigenvalue weighted by Gasteiger charge is -2.49. The van der Waals surface area contributed by atoms with Crippen LogP contribution in [-0.2, 0) is 43.3 Å². The van der Waals surface area contributed by atoms with E-state index in [0.717, 1.165) is 0 Å². The number of thiophene rings is 1. The number of rotatable bonds is 2. The quantitative estimate of drug-likeness (QED) is 0.159. The van der Waals surface area contributed by atoms with Crippen molar-refractivity contribution in [3.8, 4) is 11.1 Å². The van der Waals surface area contributed by atoms with E-state index in [1.54, 1.807) is 11.1 Å². The van der Waals surface area contributed by atoms with Crippen LogP contribution in [0.3, 0.4) is 0 Å². The molecule has 73 heavy (non-hydrogen) atoms. The fourth-order valence-electron chi connectivity index (χ4n) is 15.5. The van der Waals surface area contributed by atoms with Gasteiger partial charge in [0, 0.05) is 54.2 Å². The van der Waals surface area contributed by atoms with Crippen molar-refractivity contribution < 1.29 is 0 Å². The maximum absolute atomic E-state index is 2.84. The van der Waals surface area contributed by atoms with Gasteiger partial charge in [-0.1, -0.05) is 135 Å². The van der Waals surface area contributed by atoms with Gasteiger partial charge in [-0.05, 0) is 229 Å². The molecule has 13 rings (SSSR count). The van der Waals surface area contributed by atoms with E-state index in [9.17, 15) is 0 Å². The van der Waals surface area contributed by atoms with Crippen LogP contribution >= 0.6 is 11.3 Å². The van der Waals surface area contributed by atoms with E-state index in [1.807, 2.05) is 11.3 Å². The van der Waals surface area contributed by atoms with E-state index >= 15 is 0 Å². The zero-order valence-electron chi connectivity index (χ0n) is 47.6. The Hall–Kier alpha value is -4.80. The van der Waals surface area contributed by atoms with Gasteiger partial charge in [0.15, 0.2) is 0 Å². The Morgan fingerprint density at radius 3 is 1.34 bits per heavy atom. The highest BCUT2D eigenvalue weighted by molar-refractivity contribution is 7.25. The van der Waals surface area contributed by atoms with E-state index in [0.29, 0.717) is 0 Å². The topological polar surface area (TPSA) is 6.48 Å². The molecular formula is C69H81BN2S. The van der Waals surface area contributed by atoms with Crippen LogP contribution in [0.5, 0.6) is 0 Å². The van der Waals surface area contributed by atoms with Crippen LogP contribution in [0.25, 0.3) is 31.3 Å². The molecule has 376 valence electrons. The first-order chi connectivity index (χ1) is 34.0. The summed E-state index contributed by atoms with van der Waals surface area (Å²) in [6.45, 7) is 42.1. The van der Waals surface area contributed by atoms with Gasteiger partial charge in [-0.15, -0.1) is 11.3 Å². The molecule has 0 N–H and O–H groups in total. The molecule has 0 bridgehead atoms. The Bertz CT molecular complexity index is 3570. The summed E-state index contributed by atoms with van der Waals surface area (Å²) in [4.78, 5) is 5.58. The van der Waals surface area contributed by atoms with Crippen LogP contribution in [0, 0.1) is 6.92 Å². The minimum Gasteiger partial charge on any atom is -0.376 e. The molecule has 6 aromatic carbocycles. The van der Waals surface area contributed by atoms with E-state index in [2.05, 4.69) is 212 Å². The first kappa shape index (κ1) is 47.9. The highest BCUT2D eigenvalue weighted by Crippen LogP contribution is 2.57. The van der Waals surface area contributed by atoms with Crippen LogP contribution < -0.4 is 20.6 Å². The lowest BCUT2D eigenvalue weighted by atomic mass is 9.42. The molecule has 0 saturated heterocycles. The molecule has 1 aromatic heterocycles. The van der Waals surface area contributed by atoms with Crippen molar-refractivity contribution in [1.29, 1.82) is 0 Å². The molecule has 0 fully saturated rings. The van der Waals surface area contributed by atoms with E-state index in [1.165, 1.54) is 161 Å². The van der Waals surface area contributed by atoms with Crippen LogP contribution in [0.4, 0.5) is 28.4 Å². The number of fused-ring (bicyclic) bond motifs is 11. The third kappa shape index (κ3) is 6.79. The summed E-state index contributed by atoms with van der Waals surface area (Å²) < 4.78 is 2.81. The summed E-state index contributed by atoms with van der Waals surface area (Å²) in [5.74, 6) is 0. The number of aryl methyl sites for hydroxylation is 1. The van der Waals surface area contributed by atoms with E-state index in [-0.39, 0.29) is 50.2 Å².